The predicted molar refractivity (Wildman–Crippen MR) is 104 cm³/mol. The van der Waals surface area contributed by atoms with Crippen LogP contribution in [0.25, 0.3) is 11.3 Å². The van der Waals surface area contributed by atoms with Crippen molar-refractivity contribution < 1.29 is 9.13 Å². The van der Waals surface area contributed by atoms with Crippen molar-refractivity contribution in [2.45, 2.75) is 31.4 Å². The molecule has 1 fully saturated rings. The molecule has 1 aliphatic carbocycles. The Balaban J connectivity index is 1.70. The van der Waals surface area contributed by atoms with Crippen LogP contribution < -0.4 is 15.0 Å². The second kappa shape index (κ2) is 5.92. The summed E-state index contributed by atoms with van der Waals surface area (Å²) in [7, 11) is 1.98. The molecular weight excluding hydrogens is 359 g/mol. The van der Waals surface area contributed by atoms with Crippen LogP contribution in [0.4, 0.5) is 10.2 Å². The Bertz CT molecular complexity index is 1090. The fourth-order valence-corrected chi connectivity index (χ4v) is 3.83. The van der Waals surface area contributed by atoms with Gasteiger partial charge in [-0.1, -0.05) is 6.58 Å². The van der Waals surface area contributed by atoms with Gasteiger partial charge in [-0.3, -0.25) is 0 Å². The maximum absolute atomic E-state index is 14.1. The Hall–Kier alpha value is -3.16. The van der Waals surface area contributed by atoms with Gasteiger partial charge < -0.3 is 15.0 Å². The van der Waals surface area contributed by atoms with Gasteiger partial charge in [0.1, 0.15) is 17.7 Å². The summed E-state index contributed by atoms with van der Waals surface area (Å²) in [6.45, 7) is 6.60. The summed E-state index contributed by atoms with van der Waals surface area (Å²) < 4.78 is 21.9. The summed E-state index contributed by atoms with van der Waals surface area (Å²) in [5.74, 6) is 0.878. The van der Waals surface area contributed by atoms with Gasteiger partial charge in [0.15, 0.2) is 5.65 Å². The molecular formula is C20H21FN6O. The number of hydrogen-bond acceptors (Lipinski definition) is 6. The zero-order valence-electron chi connectivity index (χ0n) is 15.8. The third-order valence-corrected chi connectivity index (χ3v) is 5.62. The summed E-state index contributed by atoms with van der Waals surface area (Å²) in [6.07, 6.45) is 6.41. The van der Waals surface area contributed by atoms with Gasteiger partial charge in [0.2, 0.25) is 5.88 Å². The van der Waals surface area contributed by atoms with Crippen LogP contribution in [0.1, 0.15) is 30.9 Å². The number of halogens is 1. The van der Waals surface area contributed by atoms with Crippen LogP contribution in [0.15, 0.2) is 37.3 Å². The first-order chi connectivity index (χ1) is 13.5. The average Bonchev–Trinajstić information content (AvgIpc) is 3.39. The van der Waals surface area contributed by atoms with Gasteiger partial charge in [0.25, 0.3) is 0 Å². The van der Waals surface area contributed by atoms with Crippen molar-refractivity contribution in [1.29, 1.82) is 0 Å². The van der Waals surface area contributed by atoms with E-state index in [4.69, 9.17) is 9.72 Å². The molecule has 0 aromatic carbocycles. The van der Waals surface area contributed by atoms with E-state index in [9.17, 15) is 4.39 Å². The van der Waals surface area contributed by atoms with E-state index in [0.29, 0.717) is 12.4 Å². The van der Waals surface area contributed by atoms with E-state index in [-0.39, 0.29) is 17.5 Å². The predicted octanol–water partition coefficient (Wildman–Crippen LogP) is 2.73. The average molecular weight is 380 g/mol. The van der Waals surface area contributed by atoms with Crippen LogP contribution in [-0.2, 0) is 5.54 Å². The first-order valence-electron chi connectivity index (χ1n) is 9.32. The topological polar surface area (TPSA) is 67.6 Å². The monoisotopic (exact) mass is 380 g/mol. The number of nitrogens with zero attached hydrogens (tertiary/aromatic N) is 5. The molecule has 8 heteroatoms. The summed E-state index contributed by atoms with van der Waals surface area (Å²) >= 11 is 0. The van der Waals surface area contributed by atoms with Crippen LogP contribution in [0.5, 0.6) is 5.88 Å². The largest absolute Gasteiger partial charge is 0.473 e. The van der Waals surface area contributed by atoms with Gasteiger partial charge in [0.05, 0.1) is 30.0 Å². The molecule has 2 bridgehead atoms. The van der Waals surface area contributed by atoms with Gasteiger partial charge in [0, 0.05) is 24.5 Å². The smallest absolute Gasteiger partial charge is 0.219 e. The van der Waals surface area contributed by atoms with Crippen molar-refractivity contribution in [3.05, 3.63) is 54.2 Å². The molecule has 1 N–H and O–H groups in total. The van der Waals surface area contributed by atoms with E-state index < -0.39 is 0 Å². The number of rotatable bonds is 0. The summed E-state index contributed by atoms with van der Waals surface area (Å²) in [6, 6.07) is 3.45. The van der Waals surface area contributed by atoms with Crippen molar-refractivity contribution in [3.8, 4) is 5.88 Å². The van der Waals surface area contributed by atoms with Gasteiger partial charge in [-0.2, -0.15) is 5.10 Å². The Morgan fingerprint density at radius 3 is 2.96 bits per heavy atom. The molecule has 7 nitrogen and oxygen atoms in total. The van der Waals surface area contributed by atoms with Crippen molar-refractivity contribution >= 4 is 17.2 Å². The molecule has 0 amide bonds. The Kier molecular flexibility index (Phi) is 3.59. The lowest BCUT2D eigenvalue weighted by molar-refractivity contribution is 0.210. The third kappa shape index (κ3) is 2.51. The number of ether oxygens (including phenoxy) is 1. The van der Waals surface area contributed by atoms with Crippen LogP contribution in [0.3, 0.4) is 0 Å². The Morgan fingerprint density at radius 1 is 1.36 bits per heavy atom. The quantitative estimate of drug-likeness (QED) is 0.647. The molecule has 1 saturated carbocycles. The standard InChI is InChI=1S/C20H21FN6O/c1-12-9-22-13(2)15-11-24-27-7-4-17(25-18(15)27)26(3)20(5-6-20)16-8-14(21)10-23-19(16)28-12/h4,7-8,10-12,22H,2,5-6,9H2,1,3H3/t12-/m1/s1. The maximum atomic E-state index is 14.1. The number of nitrogens with one attached hydrogen (secondary N) is 1. The van der Waals surface area contributed by atoms with Gasteiger partial charge in [-0.05, 0) is 31.9 Å². The summed E-state index contributed by atoms with van der Waals surface area (Å²) in [4.78, 5) is 11.2. The molecule has 4 heterocycles. The molecule has 144 valence electrons. The van der Waals surface area contributed by atoms with E-state index in [1.165, 1.54) is 12.3 Å². The van der Waals surface area contributed by atoms with Crippen LogP contribution in [0, 0.1) is 5.82 Å². The van der Waals surface area contributed by atoms with E-state index in [0.717, 1.165) is 41.1 Å². The third-order valence-electron chi connectivity index (χ3n) is 5.62. The molecule has 3 aromatic rings. The number of anilines is 1. The molecule has 0 unspecified atom stereocenters. The molecule has 2 aliphatic rings. The molecule has 5 rings (SSSR count). The zero-order valence-corrected chi connectivity index (χ0v) is 15.8. The molecule has 1 atom stereocenters. The minimum atomic E-state index is -0.381. The highest BCUT2D eigenvalue weighted by molar-refractivity contribution is 5.74. The number of aromatic nitrogens is 4. The van der Waals surface area contributed by atoms with Crippen molar-refractivity contribution in [2.24, 2.45) is 0 Å². The van der Waals surface area contributed by atoms with Crippen LogP contribution in [-0.4, -0.2) is 39.3 Å². The number of fused-ring (bicyclic) bond motifs is 3. The highest BCUT2D eigenvalue weighted by Crippen LogP contribution is 2.54. The summed E-state index contributed by atoms with van der Waals surface area (Å²) in [5.41, 5.74) is 2.67. The first-order valence-corrected chi connectivity index (χ1v) is 9.32. The van der Waals surface area contributed by atoms with Crippen LogP contribution in [0.2, 0.25) is 0 Å². The lowest BCUT2D eigenvalue weighted by Crippen LogP contribution is -2.34. The number of hydrogen-bond donors (Lipinski definition) is 1. The van der Waals surface area contributed by atoms with Crippen LogP contribution >= 0.6 is 0 Å². The Labute approximate surface area is 161 Å². The minimum absolute atomic E-state index is 0.183. The minimum Gasteiger partial charge on any atom is -0.473 e. The van der Waals surface area contributed by atoms with Gasteiger partial charge in [-0.15, -0.1) is 0 Å². The molecule has 0 saturated heterocycles. The lowest BCUT2D eigenvalue weighted by Gasteiger charge is -2.31. The lowest BCUT2D eigenvalue weighted by atomic mass is 10.0. The highest BCUT2D eigenvalue weighted by Gasteiger charge is 2.51. The Morgan fingerprint density at radius 2 is 2.18 bits per heavy atom. The normalized spacial score (nSPS) is 20.8. The fourth-order valence-electron chi connectivity index (χ4n) is 3.83. The highest BCUT2D eigenvalue weighted by atomic mass is 19.1. The van der Waals surface area contributed by atoms with Gasteiger partial charge in [-0.25, -0.2) is 18.9 Å². The molecule has 1 aliphatic heterocycles. The maximum Gasteiger partial charge on any atom is 0.219 e. The first kappa shape index (κ1) is 17.0. The SMILES string of the molecule is C=C1NC[C@@H](C)Oc2ncc(F)cc2C2(CC2)N(C)c2ccn3ncc1c3n2. The molecule has 1 spiro atoms. The molecule has 0 radical (unpaired) electrons. The second-order valence-electron chi connectivity index (χ2n) is 7.50. The zero-order chi connectivity index (χ0) is 19.5. The summed E-state index contributed by atoms with van der Waals surface area (Å²) in [5, 5.41) is 7.66. The molecule has 3 aromatic heterocycles. The molecule has 28 heavy (non-hydrogen) atoms. The van der Waals surface area contributed by atoms with E-state index in [1.54, 1.807) is 10.7 Å². The number of pyridine rings is 1. The van der Waals surface area contributed by atoms with E-state index in [1.807, 2.05) is 26.2 Å². The van der Waals surface area contributed by atoms with Gasteiger partial charge >= 0.3 is 0 Å². The van der Waals surface area contributed by atoms with E-state index in [2.05, 4.69) is 26.9 Å². The van der Waals surface area contributed by atoms with Crippen molar-refractivity contribution in [3.63, 3.8) is 0 Å². The van der Waals surface area contributed by atoms with Crippen molar-refractivity contribution in [2.75, 3.05) is 18.5 Å². The second-order valence-corrected chi connectivity index (χ2v) is 7.50. The van der Waals surface area contributed by atoms with Crippen molar-refractivity contribution in [1.82, 2.24) is 24.9 Å². The van der Waals surface area contributed by atoms with E-state index >= 15 is 0 Å². The fraction of sp³-hybridized carbons (Fsp3) is 0.350.